The van der Waals surface area contributed by atoms with Crippen molar-refractivity contribution in [1.82, 2.24) is 4.98 Å². The molecule has 2 aromatic rings. The van der Waals surface area contributed by atoms with E-state index < -0.39 is 0 Å². The molecule has 0 aliphatic carbocycles. The molecular weight excluding hydrogens is 278 g/mol. The fourth-order valence-corrected chi connectivity index (χ4v) is 1.98. The lowest BCUT2D eigenvalue weighted by Gasteiger charge is -2.08. The van der Waals surface area contributed by atoms with Gasteiger partial charge in [0.05, 0.1) is 19.0 Å². The molecule has 5 heteroatoms. The first-order chi connectivity index (χ1) is 10.7. The number of hydrogen-bond donors (Lipinski definition) is 2. The minimum absolute atomic E-state index is 0.0359. The summed E-state index contributed by atoms with van der Waals surface area (Å²) in [5, 5.41) is 6.03. The average molecular weight is 299 g/mol. The third-order valence-corrected chi connectivity index (χ3v) is 3.23. The van der Waals surface area contributed by atoms with Crippen LogP contribution in [0.3, 0.4) is 0 Å². The molecule has 1 amide bonds. The first kappa shape index (κ1) is 15.8. The molecule has 0 fully saturated rings. The fourth-order valence-electron chi connectivity index (χ4n) is 1.98. The number of carbonyl (C=O) groups excluding carboxylic acids is 1. The van der Waals surface area contributed by atoms with Gasteiger partial charge in [-0.1, -0.05) is 19.1 Å². The fraction of sp³-hybridized carbons (Fsp3) is 0.294. The van der Waals surface area contributed by atoms with Gasteiger partial charge >= 0.3 is 0 Å². The summed E-state index contributed by atoms with van der Waals surface area (Å²) in [5.74, 6) is 1.41. The summed E-state index contributed by atoms with van der Waals surface area (Å²) in [5.41, 5.74) is 2.14. The second-order valence-electron chi connectivity index (χ2n) is 4.86. The van der Waals surface area contributed by atoms with Crippen LogP contribution in [0.2, 0.25) is 0 Å². The van der Waals surface area contributed by atoms with Crippen LogP contribution in [0.4, 0.5) is 11.5 Å². The maximum Gasteiger partial charge on any atom is 0.225 e. The molecule has 0 aliphatic heterocycles. The zero-order chi connectivity index (χ0) is 15.8. The highest BCUT2D eigenvalue weighted by Gasteiger charge is 2.00. The Kier molecular flexibility index (Phi) is 5.77. The van der Waals surface area contributed by atoms with E-state index in [0.717, 1.165) is 24.4 Å². The number of carbonyl (C=O) groups is 1. The predicted octanol–water partition coefficient (Wildman–Crippen LogP) is 3.09. The Balaban J connectivity index is 1.82. The number of anilines is 2. The highest BCUT2D eigenvalue weighted by Crippen LogP contribution is 2.14. The summed E-state index contributed by atoms with van der Waals surface area (Å²) in [7, 11) is 1.67. The topological polar surface area (TPSA) is 63.2 Å². The zero-order valence-corrected chi connectivity index (χ0v) is 12.9. The number of hydrogen-bond acceptors (Lipinski definition) is 4. The lowest BCUT2D eigenvalue weighted by molar-refractivity contribution is -0.115. The minimum atomic E-state index is -0.0359. The van der Waals surface area contributed by atoms with Crippen LogP contribution in [0.15, 0.2) is 42.6 Å². The van der Waals surface area contributed by atoms with Crippen molar-refractivity contribution in [3.05, 3.63) is 48.2 Å². The highest BCUT2D eigenvalue weighted by atomic mass is 16.5. The molecule has 1 aromatic carbocycles. The van der Waals surface area contributed by atoms with Crippen molar-refractivity contribution in [2.24, 2.45) is 0 Å². The summed E-state index contributed by atoms with van der Waals surface area (Å²) >= 11 is 0. The van der Waals surface area contributed by atoms with Gasteiger partial charge in [0.2, 0.25) is 5.91 Å². The number of nitrogens with zero attached hydrogens (tertiary/aromatic N) is 1. The standard InChI is InChI=1S/C17H21N3O2/c1-3-17(21)20-16-8-7-14(12-19-16)18-10-9-13-5-4-6-15(11-13)22-2/h4-8,11-12,18H,3,9-10H2,1-2H3,(H,19,20,21). The van der Waals surface area contributed by atoms with Crippen LogP contribution in [0.1, 0.15) is 18.9 Å². The van der Waals surface area contributed by atoms with Crippen molar-refractivity contribution in [2.45, 2.75) is 19.8 Å². The molecule has 0 radical (unpaired) electrons. The maximum absolute atomic E-state index is 11.3. The summed E-state index contributed by atoms with van der Waals surface area (Å²) in [6.45, 7) is 2.61. The average Bonchev–Trinajstić information content (AvgIpc) is 2.56. The Bertz CT molecular complexity index is 612. The van der Waals surface area contributed by atoms with Crippen molar-refractivity contribution < 1.29 is 9.53 Å². The maximum atomic E-state index is 11.3. The number of nitrogens with one attached hydrogen (secondary N) is 2. The Morgan fingerprint density at radius 2 is 2.14 bits per heavy atom. The molecule has 5 nitrogen and oxygen atoms in total. The Labute approximate surface area is 130 Å². The number of pyridine rings is 1. The molecule has 1 aromatic heterocycles. The molecule has 0 saturated heterocycles. The van der Waals surface area contributed by atoms with Gasteiger partial charge in [0.1, 0.15) is 11.6 Å². The van der Waals surface area contributed by atoms with E-state index >= 15 is 0 Å². The van der Waals surface area contributed by atoms with E-state index in [1.807, 2.05) is 31.2 Å². The van der Waals surface area contributed by atoms with E-state index in [0.29, 0.717) is 12.2 Å². The van der Waals surface area contributed by atoms with Crippen LogP contribution in [-0.4, -0.2) is 24.5 Å². The summed E-state index contributed by atoms with van der Waals surface area (Å²) in [4.78, 5) is 15.5. The van der Waals surface area contributed by atoms with Gasteiger partial charge in [-0.25, -0.2) is 4.98 Å². The van der Waals surface area contributed by atoms with Crippen LogP contribution < -0.4 is 15.4 Å². The SMILES string of the molecule is CCC(=O)Nc1ccc(NCCc2cccc(OC)c2)cn1. The minimum Gasteiger partial charge on any atom is -0.497 e. The molecular formula is C17H21N3O2. The number of benzene rings is 1. The van der Waals surface area contributed by atoms with Crippen LogP contribution >= 0.6 is 0 Å². The van der Waals surface area contributed by atoms with Gasteiger partial charge in [-0.2, -0.15) is 0 Å². The Morgan fingerprint density at radius 3 is 2.82 bits per heavy atom. The van der Waals surface area contributed by atoms with Crippen molar-refractivity contribution in [1.29, 1.82) is 0 Å². The van der Waals surface area contributed by atoms with Gasteiger partial charge in [-0.05, 0) is 36.2 Å². The molecule has 0 aliphatic rings. The monoisotopic (exact) mass is 299 g/mol. The van der Waals surface area contributed by atoms with Gasteiger partial charge < -0.3 is 15.4 Å². The Morgan fingerprint density at radius 1 is 1.27 bits per heavy atom. The number of ether oxygens (including phenoxy) is 1. The number of amides is 1. The number of aromatic nitrogens is 1. The molecule has 0 bridgehead atoms. The summed E-state index contributed by atoms with van der Waals surface area (Å²) < 4.78 is 5.21. The van der Waals surface area contributed by atoms with E-state index in [2.05, 4.69) is 21.7 Å². The van der Waals surface area contributed by atoms with E-state index in [9.17, 15) is 4.79 Å². The molecule has 0 saturated carbocycles. The van der Waals surface area contributed by atoms with Crippen LogP contribution in [-0.2, 0) is 11.2 Å². The van der Waals surface area contributed by atoms with E-state index in [4.69, 9.17) is 4.74 Å². The quantitative estimate of drug-likeness (QED) is 0.824. The lowest BCUT2D eigenvalue weighted by Crippen LogP contribution is -2.11. The van der Waals surface area contributed by atoms with E-state index in [1.165, 1.54) is 5.56 Å². The third-order valence-electron chi connectivity index (χ3n) is 3.23. The van der Waals surface area contributed by atoms with Crippen LogP contribution in [0.25, 0.3) is 0 Å². The van der Waals surface area contributed by atoms with Crippen LogP contribution in [0.5, 0.6) is 5.75 Å². The number of rotatable bonds is 7. The van der Waals surface area contributed by atoms with Crippen molar-refractivity contribution in [2.75, 3.05) is 24.3 Å². The van der Waals surface area contributed by atoms with E-state index in [1.54, 1.807) is 19.4 Å². The molecule has 1 heterocycles. The van der Waals surface area contributed by atoms with Gasteiger partial charge in [0, 0.05) is 13.0 Å². The first-order valence-corrected chi connectivity index (χ1v) is 7.34. The van der Waals surface area contributed by atoms with Gasteiger partial charge in [-0.3, -0.25) is 4.79 Å². The largest absolute Gasteiger partial charge is 0.497 e. The third kappa shape index (κ3) is 4.77. The van der Waals surface area contributed by atoms with Gasteiger partial charge in [0.25, 0.3) is 0 Å². The molecule has 0 spiro atoms. The van der Waals surface area contributed by atoms with E-state index in [-0.39, 0.29) is 5.91 Å². The smallest absolute Gasteiger partial charge is 0.225 e. The van der Waals surface area contributed by atoms with Crippen molar-refractivity contribution in [3.8, 4) is 5.75 Å². The molecule has 0 atom stereocenters. The summed E-state index contributed by atoms with van der Waals surface area (Å²) in [6.07, 6.45) is 3.06. The normalized spacial score (nSPS) is 10.1. The number of methoxy groups -OCH3 is 1. The Hall–Kier alpha value is -2.56. The first-order valence-electron chi connectivity index (χ1n) is 7.34. The van der Waals surface area contributed by atoms with Gasteiger partial charge in [-0.15, -0.1) is 0 Å². The predicted molar refractivity (Wildman–Crippen MR) is 88.3 cm³/mol. The van der Waals surface area contributed by atoms with Crippen LogP contribution in [0, 0.1) is 0 Å². The van der Waals surface area contributed by atoms with Crippen molar-refractivity contribution in [3.63, 3.8) is 0 Å². The molecule has 2 rings (SSSR count). The second-order valence-corrected chi connectivity index (χ2v) is 4.86. The van der Waals surface area contributed by atoms with Crippen molar-refractivity contribution >= 4 is 17.4 Å². The second kappa shape index (κ2) is 8.02. The molecule has 116 valence electrons. The lowest BCUT2D eigenvalue weighted by atomic mass is 10.1. The van der Waals surface area contributed by atoms with Gasteiger partial charge in [0.15, 0.2) is 0 Å². The molecule has 22 heavy (non-hydrogen) atoms. The zero-order valence-electron chi connectivity index (χ0n) is 12.9. The molecule has 2 N–H and O–H groups in total. The molecule has 0 unspecified atom stereocenters. The summed E-state index contributed by atoms with van der Waals surface area (Å²) in [6, 6.07) is 11.7. The highest BCUT2D eigenvalue weighted by molar-refractivity contribution is 5.89.